The van der Waals surface area contributed by atoms with E-state index in [1.54, 1.807) is 0 Å². The fourth-order valence-corrected chi connectivity index (χ4v) is 3.69. The minimum atomic E-state index is 0.382. The topological polar surface area (TPSA) is 15.3 Å². The minimum absolute atomic E-state index is 0.382. The molecule has 1 aromatic rings. The Labute approximate surface area is 117 Å². The van der Waals surface area contributed by atoms with E-state index < -0.39 is 0 Å². The first-order valence-corrected chi connectivity index (χ1v) is 7.91. The summed E-state index contributed by atoms with van der Waals surface area (Å²) in [7, 11) is 0. The van der Waals surface area contributed by atoms with E-state index in [4.69, 9.17) is 0 Å². The van der Waals surface area contributed by atoms with Crippen LogP contribution in [0.15, 0.2) is 24.3 Å². The number of benzene rings is 1. The van der Waals surface area contributed by atoms with Gasteiger partial charge in [0, 0.05) is 30.9 Å². The zero-order valence-electron chi connectivity index (χ0n) is 12.1. The number of para-hydroxylation sites is 1. The summed E-state index contributed by atoms with van der Waals surface area (Å²) in [4.78, 5) is 2.64. The van der Waals surface area contributed by atoms with Crippen molar-refractivity contribution < 1.29 is 0 Å². The summed E-state index contributed by atoms with van der Waals surface area (Å²) in [6, 6.07) is 8.95. The van der Waals surface area contributed by atoms with Crippen LogP contribution in [0.5, 0.6) is 0 Å². The average Bonchev–Trinajstić information content (AvgIpc) is 2.84. The molecule has 1 aromatic carbocycles. The van der Waals surface area contributed by atoms with Gasteiger partial charge in [-0.1, -0.05) is 44.4 Å². The number of hydrogen-bond acceptors (Lipinski definition) is 2. The van der Waals surface area contributed by atoms with E-state index >= 15 is 0 Å². The third-order valence-electron chi connectivity index (χ3n) is 4.82. The van der Waals surface area contributed by atoms with E-state index in [9.17, 15) is 0 Å². The van der Waals surface area contributed by atoms with Crippen LogP contribution in [0.2, 0.25) is 0 Å². The van der Waals surface area contributed by atoms with Gasteiger partial charge in [0.05, 0.1) is 0 Å². The van der Waals surface area contributed by atoms with E-state index in [1.807, 2.05) is 0 Å². The van der Waals surface area contributed by atoms with Gasteiger partial charge >= 0.3 is 0 Å². The fourth-order valence-electron chi connectivity index (χ4n) is 3.69. The summed E-state index contributed by atoms with van der Waals surface area (Å²) in [6.45, 7) is 5.73. The van der Waals surface area contributed by atoms with Crippen molar-refractivity contribution >= 4 is 5.69 Å². The highest BCUT2D eigenvalue weighted by Crippen LogP contribution is 2.35. The Kier molecular flexibility index (Phi) is 3.79. The molecule has 1 aliphatic carbocycles. The van der Waals surface area contributed by atoms with Crippen LogP contribution >= 0.6 is 0 Å². The van der Waals surface area contributed by atoms with Gasteiger partial charge in [-0.25, -0.2) is 0 Å². The lowest BCUT2D eigenvalue weighted by Crippen LogP contribution is -2.49. The minimum Gasteiger partial charge on any atom is -0.369 e. The molecule has 1 spiro atoms. The largest absolute Gasteiger partial charge is 0.369 e. The van der Waals surface area contributed by atoms with Crippen molar-refractivity contribution in [3.63, 3.8) is 0 Å². The molecule has 2 heteroatoms. The lowest BCUT2D eigenvalue weighted by atomic mass is 9.97. The Hall–Kier alpha value is -1.02. The van der Waals surface area contributed by atoms with Crippen LogP contribution in [-0.4, -0.2) is 18.6 Å². The molecule has 0 amide bonds. The summed E-state index contributed by atoms with van der Waals surface area (Å²) < 4.78 is 0. The molecule has 0 aromatic heterocycles. The van der Waals surface area contributed by atoms with E-state index in [2.05, 4.69) is 41.4 Å². The molecular weight excluding hydrogens is 232 g/mol. The third-order valence-corrected chi connectivity index (χ3v) is 4.82. The van der Waals surface area contributed by atoms with Crippen molar-refractivity contribution in [1.29, 1.82) is 0 Å². The normalized spacial score (nSPS) is 21.4. The van der Waals surface area contributed by atoms with Crippen molar-refractivity contribution in [2.45, 2.75) is 57.5 Å². The van der Waals surface area contributed by atoms with Crippen molar-refractivity contribution in [2.24, 2.45) is 0 Å². The maximum Gasteiger partial charge on any atom is 0.0412 e. The Balaban J connectivity index is 1.87. The van der Waals surface area contributed by atoms with E-state index in [0.29, 0.717) is 5.54 Å². The SMILES string of the molecule is CCCCN1CC2(CCCC2)NCc2ccccc21. The molecule has 1 saturated carbocycles. The zero-order valence-corrected chi connectivity index (χ0v) is 12.1. The molecular formula is C17H26N2. The quantitative estimate of drug-likeness (QED) is 0.889. The number of fused-ring (bicyclic) bond motifs is 1. The number of rotatable bonds is 3. The van der Waals surface area contributed by atoms with Crippen LogP contribution in [0.4, 0.5) is 5.69 Å². The van der Waals surface area contributed by atoms with Crippen LogP contribution in [-0.2, 0) is 6.54 Å². The van der Waals surface area contributed by atoms with Crippen molar-refractivity contribution in [1.82, 2.24) is 5.32 Å². The zero-order chi connectivity index (χ0) is 13.1. The second-order valence-electron chi connectivity index (χ2n) is 6.24. The second-order valence-corrected chi connectivity index (χ2v) is 6.24. The first-order valence-electron chi connectivity index (χ1n) is 7.91. The van der Waals surface area contributed by atoms with Gasteiger partial charge in [-0.05, 0) is 30.9 Å². The summed E-state index contributed by atoms with van der Waals surface area (Å²) in [6.07, 6.45) is 8.06. The number of nitrogens with one attached hydrogen (secondary N) is 1. The molecule has 2 aliphatic rings. The third kappa shape index (κ3) is 2.64. The monoisotopic (exact) mass is 258 g/mol. The van der Waals surface area contributed by atoms with Crippen LogP contribution in [0.1, 0.15) is 51.0 Å². The smallest absolute Gasteiger partial charge is 0.0412 e. The van der Waals surface area contributed by atoms with Crippen LogP contribution in [0, 0.1) is 0 Å². The van der Waals surface area contributed by atoms with Crippen LogP contribution < -0.4 is 10.2 Å². The predicted molar refractivity (Wildman–Crippen MR) is 81.6 cm³/mol. The van der Waals surface area contributed by atoms with Crippen molar-refractivity contribution in [3.05, 3.63) is 29.8 Å². The lowest BCUT2D eigenvalue weighted by molar-refractivity contribution is 0.337. The standard InChI is InChI=1S/C17H26N2/c1-2-3-12-19-14-17(10-6-7-11-17)18-13-15-8-4-5-9-16(15)19/h4-5,8-9,18H,2-3,6-7,10-14H2,1H3. The molecule has 0 radical (unpaired) electrons. The second kappa shape index (κ2) is 5.54. The van der Waals surface area contributed by atoms with Gasteiger partial charge in [0.1, 0.15) is 0 Å². The van der Waals surface area contributed by atoms with Gasteiger partial charge in [-0.15, -0.1) is 0 Å². The average molecular weight is 258 g/mol. The van der Waals surface area contributed by atoms with Gasteiger partial charge in [0.15, 0.2) is 0 Å². The summed E-state index contributed by atoms with van der Waals surface area (Å²) in [5, 5.41) is 3.88. The van der Waals surface area contributed by atoms with Crippen LogP contribution in [0.25, 0.3) is 0 Å². The highest BCUT2D eigenvalue weighted by molar-refractivity contribution is 5.55. The Morgan fingerprint density at radius 1 is 1.21 bits per heavy atom. The van der Waals surface area contributed by atoms with Crippen molar-refractivity contribution in [2.75, 3.05) is 18.0 Å². The molecule has 0 saturated heterocycles. The molecule has 1 aliphatic heterocycles. The highest BCUT2D eigenvalue weighted by atomic mass is 15.2. The van der Waals surface area contributed by atoms with E-state index in [-0.39, 0.29) is 0 Å². The first kappa shape index (κ1) is 13.0. The van der Waals surface area contributed by atoms with Crippen molar-refractivity contribution in [3.8, 4) is 0 Å². The Morgan fingerprint density at radius 2 is 2.00 bits per heavy atom. The molecule has 1 N–H and O–H groups in total. The molecule has 1 fully saturated rings. The fraction of sp³-hybridized carbons (Fsp3) is 0.647. The number of hydrogen-bond donors (Lipinski definition) is 1. The molecule has 19 heavy (non-hydrogen) atoms. The van der Waals surface area contributed by atoms with E-state index in [0.717, 1.165) is 6.54 Å². The molecule has 2 nitrogen and oxygen atoms in total. The molecule has 0 atom stereocenters. The maximum atomic E-state index is 3.88. The number of anilines is 1. The molecule has 1 heterocycles. The maximum absolute atomic E-state index is 3.88. The first-order chi connectivity index (χ1) is 9.33. The molecule has 3 rings (SSSR count). The predicted octanol–water partition coefficient (Wildman–Crippen LogP) is 3.71. The van der Waals surface area contributed by atoms with Gasteiger partial charge in [0.25, 0.3) is 0 Å². The van der Waals surface area contributed by atoms with Gasteiger partial charge in [-0.3, -0.25) is 0 Å². The molecule has 0 unspecified atom stereocenters. The summed E-state index contributed by atoms with van der Waals surface area (Å²) in [5.41, 5.74) is 3.32. The highest BCUT2D eigenvalue weighted by Gasteiger charge is 2.37. The summed E-state index contributed by atoms with van der Waals surface area (Å²) in [5.74, 6) is 0. The Morgan fingerprint density at radius 3 is 2.79 bits per heavy atom. The lowest BCUT2D eigenvalue weighted by Gasteiger charge is -2.35. The summed E-state index contributed by atoms with van der Waals surface area (Å²) >= 11 is 0. The Bertz CT molecular complexity index is 421. The van der Waals surface area contributed by atoms with Gasteiger partial charge in [-0.2, -0.15) is 0 Å². The molecule has 104 valence electrons. The number of unbranched alkanes of at least 4 members (excludes halogenated alkanes) is 1. The number of nitrogens with zero attached hydrogens (tertiary/aromatic N) is 1. The van der Waals surface area contributed by atoms with Gasteiger partial charge in [0.2, 0.25) is 0 Å². The van der Waals surface area contributed by atoms with Crippen LogP contribution in [0.3, 0.4) is 0 Å². The molecule has 0 bridgehead atoms. The van der Waals surface area contributed by atoms with Gasteiger partial charge < -0.3 is 10.2 Å². The van der Waals surface area contributed by atoms with E-state index in [1.165, 1.54) is 62.9 Å².